The van der Waals surface area contributed by atoms with Crippen LogP contribution in [0.3, 0.4) is 0 Å². The summed E-state index contributed by atoms with van der Waals surface area (Å²) in [6.07, 6.45) is 1.49. The zero-order valence-electron chi connectivity index (χ0n) is 17.4. The zero-order valence-corrected chi connectivity index (χ0v) is 18.2. The second-order valence-corrected chi connectivity index (χ2v) is 7.93. The standard InChI is InChI=1S/C24H23N3O3S/c1-17-10-12-18(13-11-17)21-23(26-22(28)20-9-6-15-30-20)31-24(27(21)14-16-29-2)25-19-7-4-3-5-8-19/h3-13,15H,14,16H2,1-2H3,(H,26,28). The maximum absolute atomic E-state index is 12.7. The van der Waals surface area contributed by atoms with Crippen LogP contribution >= 0.6 is 11.3 Å². The van der Waals surface area contributed by atoms with Crippen molar-refractivity contribution < 1.29 is 13.9 Å². The Morgan fingerprint density at radius 2 is 1.87 bits per heavy atom. The van der Waals surface area contributed by atoms with E-state index in [1.807, 2.05) is 37.3 Å². The van der Waals surface area contributed by atoms with Crippen molar-refractivity contribution >= 4 is 27.9 Å². The van der Waals surface area contributed by atoms with Gasteiger partial charge in [0, 0.05) is 19.2 Å². The highest BCUT2D eigenvalue weighted by Crippen LogP contribution is 2.32. The van der Waals surface area contributed by atoms with Crippen LogP contribution in [0.2, 0.25) is 0 Å². The van der Waals surface area contributed by atoms with Crippen LogP contribution in [-0.2, 0) is 11.3 Å². The van der Waals surface area contributed by atoms with Gasteiger partial charge in [-0.25, -0.2) is 4.99 Å². The lowest BCUT2D eigenvalue weighted by atomic mass is 10.1. The number of hydrogen-bond acceptors (Lipinski definition) is 5. The van der Waals surface area contributed by atoms with Gasteiger partial charge >= 0.3 is 0 Å². The van der Waals surface area contributed by atoms with E-state index in [0.29, 0.717) is 18.2 Å². The molecule has 0 saturated carbocycles. The van der Waals surface area contributed by atoms with Gasteiger partial charge < -0.3 is 19.0 Å². The summed E-state index contributed by atoms with van der Waals surface area (Å²) < 4.78 is 12.7. The third-order valence-electron chi connectivity index (χ3n) is 4.71. The van der Waals surface area contributed by atoms with Crippen LogP contribution in [0, 0.1) is 6.92 Å². The van der Waals surface area contributed by atoms with E-state index >= 15 is 0 Å². The van der Waals surface area contributed by atoms with E-state index in [4.69, 9.17) is 14.1 Å². The summed E-state index contributed by atoms with van der Waals surface area (Å²) >= 11 is 1.42. The largest absolute Gasteiger partial charge is 0.459 e. The summed E-state index contributed by atoms with van der Waals surface area (Å²) in [6.45, 7) is 3.16. The monoisotopic (exact) mass is 433 g/mol. The van der Waals surface area contributed by atoms with Gasteiger partial charge in [0.05, 0.1) is 24.3 Å². The molecule has 31 heavy (non-hydrogen) atoms. The number of nitrogens with zero attached hydrogens (tertiary/aromatic N) is 2. The summed E-state index contributed by atoms with van der Waals surface area (Å²) in [5.74, 6) is -0.0435. The van der Waals surface area contributed by atoms with Crippen LogP contribution < -0.4 is 10.1 Å². The number of benzene rings is 2. The third kappa shape index (κ3) is 4.84. The van der Waals surface area contributed by atoms with E-state index in [1.54, 1.807) is 19.2 Å². The summed E-state index contributed by atoms with van der Waals surface area (Å²) in [6, 6.07) is 21.3. The number of para-hydroxylation sites is 1. The SMILES string of the molecule is COCCn1c(-c2ccc(C)cc2)c(NC(=O)c2ccco2)sc1=Nc1ccccc1. The molecular weight excluding hydrogens is 410 g/mol. The Morgan fingerprint density at radius 1 is 1.10 bits per heavy atom. The Bertz CT molecular complexity index is 1210. The Labute approximate surface area is 184 Å². The fourth-order valence-electron chi connectivity index (χ4n) is 3.15. The van der Waals surface area contributed by atoms with Gasteiger partial charge in [-0.1, -0.05) is 59.4 Å². The number of ether oxygens (including phenoxy) is 1. The van der Waals surface area contributed by atoms with Gasteiger partial charge in [0.15, 0.2) is 10.6 Å². The van der Waals surface area contributed by atoms with Crippen LogP contribution in [0.1, 0.15) is 16.1 Å². The zero-order chi connectivity index (χ0) is 21.6. The summed E-state index contributed by atoms with van der Waals surface area (Å²) in [5, 5.41) is 3.72. The Hall–Kier alpha value is -3.42. The molecule has 0 aliphatic rings. The molecule has 0 atom stereocenters. The number of aryl methyl sites for hydroxylation is 1. The number of methoxy groups -OCH3 is 1. The number of hydrogen-bond donors (Lipinski definition) is 1. The second kappa shape index (κ2) is 9.59. The average Bonchev–Trinajstić information content (AvgIpc) is 3.42. The van der Waals surface area contributed by atoms with Crippen molar-refractivity contribution in [3.8, 4) is 11.3 Å². The number of anilines is 1. The molecule has 0 spiro atoms. The summed E-state index contributed by atoms with van der Waals surface area (Å²) in [7, 11) is 1.67. The molecule has 0 fully saturated rings. The van der Waals surface area contributed by atoms with Crippen molar-refractivity contribution in [3.63, 3.8) is 0 Å². The molecule has 7 heteroatoms. The lowest BCUT2D eigenvalue weighted by Crippen LogP contribution is -2.19. The van der Waals surface area contributed by atoms with Gasteiger partial charge in [-0.3, -0.25) is 4.79 Å². The van der Waals surface area contributed by atoms with E-state index in [1.165, 1.54) is 17.6 Å². The highest BCUT2D eigenvalue weighted by molar-refractivity contribution is 7.14. The van der Waals surface area contributed by atoms with E-state index < -0.39 is 0 Å². The van der Waals surface area contributed by atoms with Crippen LogP contribution in [0.25, 0.3) is 11.3 Å². The molecule has 1 N–H and O–H groups in total. The van der Waals surface area contributed by atoms with Crippen molar-refractivity contribution in [2.45, 2.75) is 13.5 Å². The quantitative estimate of drug-likeness (QED) is 0.433. The van der Waals surface area contributed by atoms with Crippen molar-refractivity contribution in [3.05, 3.63) is 89.1 Å². The highest BCUT2D eigenvalue weighted by Gasteiger charge is 2.19. The van der Waals surface area contributed by atoms with E-state index in [0.717, 1.165) is 27.3 Å². The van der Waals surface area contributed by atoms with Gasteiger partial charge in [-0.05, 0) is 31.2 Å². The first kappa shape index (κ1) is 20.8. The molecule has 0 aliphatic heterocycles. The van der Waals surface area contributed by atoms with E-state index in [9.17, 15) is 4.79 Å². The predicted octanol–water partition coefficient (Wildman–Crippen LogP) is 5.25. The van der Waals surface area contributed by atoms with Crippen molar-refractivity contribution in [2.24, 2.45) is 4.99 Å². The average molecular weight is 434 g/mol. The Kier molecular flexibility index (Phi) is 6.45. The number of aromatic nitrogens is 1. The third-order valence-corrected chi connectivity index (χ3v) is 5.70. The number of furan rings is 1. The first-order valence-electron chi connectivity index (χ1n) is 9.90. The minimum absolute atomic E-state index is 0.258. The molecule has 4 aromatic rings. The minimum atomic E-state index is -0.301. The number of carbonyl (C=O) groups is 1. The van der Waals surface area contributed by atoms with Crippen LogP contribution in [-0.4, -0.2) is 24.2 Å². The van der Waals surface area contributed by atoms with Crippen molar-refractivity contribution in [1.29, 1.82) is 0 Å². The Balaban J connectivity index is 1.88. The van der Waals surface area contributed by atoms with Crippen LogP contribution in [0.4, 0.5) is 10.7 Å². The van der Waals surface area contributed by atoms with Gasteiger partial charge in [-0.15, -0.1) is 0 Å². The molecule has 1 amide bonds. The van der Waals surface area contributed by atoms with E-state index in [-0.39, 0.29) is 11.7 Å². The fraction of sp³-hybridized carbons (Fsp3) is 0.167. The maximum atomic E-state index is 12.7. The van der Waals surface area contributed by atoms with Crippen LogP contribution in [0.15, 0.2) is 82.4 Å². The first-order chi connectivity index (χ1) is 15.2. The second-order valence-electron chi connectivity index (χ2n) is 6.95. The molecule has 0 radical (unpaired) electrons. The predicted molar refractivity (Wildman–Crippen MR) is 123 cm³/mol. The lowest BCUT2D eigenvalue weighted by Gasteiger charge is -2.11. The molecule has 2 heterocycles. The molecule has 2 aromatic carbocycles. The van der Waals surface area contributed by atoms with Crippen molar-refractivity contribution in [1.82, 2.24) is 4.57 Å². The molecule has 158 valence electrons. The molecule has 0 unspecified atom stereocenters. The Morgan fingerprint density at radius 3 is 2.55 bits per heavy atom. The van der Waals surface area contributed by atoms with E-state index in [2.05, 4.69) is 34.1 Å². The molecular formula is C24H23N3O3S. The number of amides is 1. The summed E-state index contributed by atoms with van der Waals surface area (Å²) in [5.41, 5.74) is 3.88. The van der Waals surface area contributed by atoms with Gasteiger partial charge in [0.1, 0.15) is 5.00 Å². The smallest absolute Gasteiger partial charge is 0.292 e. The number of nitrogens with one attached hydrogen (secondary N) is 1. The first-order valence-corrected chi connectivity index (χ1v) is 10.7. The number of thiazole rings is 1. The van der Waals surface area contributed by atoms with Crippen LogP contribution in [0.5, 0.6) is 0 Å². The van der Waals surface area contributed by atoms with Gasteiger partial charge in [-0.2, -0.15) is 0 Å². The lowest BCUT2D eigenvalue weighted by molar-refractivity contribution is 0.0997. The maximum Gasteiger partial charge on any atom is 0.292 e. The minimum Gasteiger partial charge on any atom is -0.459 e. The molecule has 0 saturated heterocycles. The highest BCUT2D eigenvalue weighted by atomic mass is 32.1. The molecule has 0 aliphatic carbocycles. The normalized spacial score (nSPS) is 11.6. The molecule has 0 bridgehead atoms. The number of carbonyl (C=O) groups excluding carboxylic acids is 1. The van der Waals surface area contributed by atoms with Gasteiger partial charge in [0.25, 0.3) is 5.91 Å². The number of rotatable bonds is 7. The topological polar surface area (TPSA) is 68.8 Å². The fourth-order valence-corrected chi connectivity index (χ4v) is 4.25. The summed E-state index contributed by atoms with van der Waals surface area (Å²) in [4.78, 5) is 18.4. The van der Waals surface area contributed by atoms with Gasteiger partial charge in [0.2, 0.25) is 0 Å². The molecule has 4 rings (SSSR count). The van der Waals surface area contributed by atoms with Crippen molar-refractivity contribution in [2.75, 3.05) is 19.0 Å². The molecule has 6 nitrogen and oxygen atoms in total. The molecule has 2 aromatic heterocycles.